The number of anilines is 1. The number of fused-ring (bicyclic) bond motifs is 1. The number of nitrogens with one attached hydrogen (secondary N) is 1. The number of imidazole rings is 1. The molecule has 5 aromatic rings. The molecule has 2 heterocycles. The molecular weight excluding hydrogens is 501 g/mol. The van der Waals surface area contributed by atoms with Gasteiger partial charge >= 0.3 is 6.18 Å². The van der Waals surface area contributed by atoms with Crippen LogP contribution in [-0.2, 0) is 12.7 Å². The lowest BCUT2D eigenvalue weighted by Gasteiger charge is -2.12. The van der Waals surface area contributed by atoms with Crippen LogP contribution in [0.3, 0.4) is 0 Å². The standard InChI is InChI=1S/C31H25F3N4O/c32-31(33,34)25-14-8-21(9-15-25)17-35-29-30-36-18-27(38(30)19-26(37-29)22-4-2-1-3-5-22)23-10-12-24(13-11-23)28(39)16-20-6-7-20/h1-5,8-15,18-20H,6-7,16-17H2,(H,35,37). The van der Waals surface area contributed by atoms with Crippen molar-refractivity contribution in [2.75, 3.05) is 5.32 Å². The molecule has 1 aliphatic carbocycles. The first kappa shape index (κ1) is 24.9. The molecule has 5 nitrogen and oxygen atoms in total. The Hall–Kier alpha value is -4.46. The Kier molecular flexibility index (Phi) is 6.38. The van der Waals surface area contributed by atoms with Gasteiger partial charge in [-0.05, 0) is 36.5 Å². The summed E-state index contributed by atoms with van der Waals surface area (Å²) in [7, 11) is 0. The van der Waals surface area contributed by atoms with Gasteiger partial charge in [0, 0.05) is 35.9 Å². The molecule has 1 saturated carbocycles. The van der Waals surface area contributed by atoms with Gasteiger partial charge in [-0.3, -0.25) is 9.20 Å². The van der Waals surface area contributed by atoms with E-state index in [1.165, 1.54) is 12.1 Å². The lowest BCUT2D eigenvalue weighted by Crippen LogP contribution is -2.07. The smallest absolute Gasteiger partial charge is 0.363 e. The minimum atomic E-state index is -4.38. The van der Waals surface area contributed by atoms with E-state index >= 15 is 0 Å². The van der Waals surface area contributed by atoms with E-state index < -0.39 is 11.7 Å². The fraction of sp³-hybridized carbons (Fsp3) is 0.194. The van der Waals surface area contributed by atoms with Crippen LogP contribution in [0.4, 0.5) is 19.0 Å². The van der Waals surface area contributed by atoms with E-state index in [1.807, 2.05) is 65.2 Å². The number of carbonyl (C=O) groups is 1. The highest BCUT2D eigenvalue weighted by Gasteiger charge is 2.30. The molecule has 0 bridgehead atoms. The predicted molar refractivity (Wildman–Crippen MR) is 144 cm³/mol. The average molecular weight is 527 g/mol. The van der Waals surface area contributed by atoms with Crippen LogP contribution in [0.1, 0.15) is 40.7 Å². The average Bonchev–Trinajstić information content (AvgIpc) is 3.66. The SMILES string of the molecule is O=C(CC1CC1)c1ccc(-c2cnc3c(NCc4ccc(C(F)(F)F)cc4)nc(-c4ccccc4)cn23)cc1. The minimum absolute atomic E-state index is 0.174. The van der Waals surface area contributed by atoms with Crippen LogP contribution in [0.2, 0.25) is 0 Å². The maximum Gasteiger partial charge on any atom is 0.416 e. The van der Waals surface area contributed by atoms with Gasteiger partial charge in [-0.1, -0.05) is 66.7 Å². The van der Waals surface area contributed by atoms with Crippen molar-refractivity contribution in [2.45, 2.75) is 32.0 Å². The summed E-state index contributed by atoms with van der Waals surface area (Å²) in [5, 5.41) is 3.26. The zero-order valence-corrected chi connectivity index (χ0v) is 20.9. The molecule has 39 heavy (non-hydrogen) atoms. The maximum atomic E-state index is 13.0. The van der Waals surface area contributed by atoms with Crippen LogP contribution < -0.4 is 5.32 Å². The molecule has 0 aliphatic heterocycles. The van der Waals surface area contributed by atoms with E-state index in [0.717, 1.165) is 41.8 Å². The number of hydrogen-bond acceptors (Lipinski definition) is 4. The first-order chi connectivity index (χ1) is 18.8. The van der Waals surface area contributed by atoms with Crippen molar-refractivity contribution in [1.29, 1.82) is 0 Å². The third-order valence-electron chi connectivity index (χ3n) is 6.98. The number of rotatable bonds is 8. The fourth-order valence-electron chi connectivity index (χ4n) is 4.59. The largest absolute Gasteiger partial charge is 0.416 e. The fourth-order valence-corrected chi connectivity index (χ4v) is 4.59. The highest BCUT2D eigenvalue weighted by atomic mass is 19.4. The van der Waals surface area contributed by atoms with Gasteiger partial charge in [-0.15, -0.1) is 0 Å². The monoisotopic (exact) mass is 526 g/mol. The lowest BCUT2D eigenvalue weighted by atomic mass is 10.0. The Morgan fingerprint density at radius 1 is 0.923 bits per heavy atom. The van der Waals surface area contributed by atoms with Crippen molar-refractivity contribution in [1.82, 2.24) is 14.4 Å². The van der Waals surface area contributed by atoms with Crippen molar-refractivity contribution in [2.24, 2.45) is 5.92 Å². The normalized spacial score (nSPS) is 13.5. The molecule has 8 heteroatoms. The molecule has 1 fully saturated rings. The Bertz CT molecular complexity index is 1620. The zero-order chi connectivity index (χ0) is 27.0. The van der Waals surface area contributed by atoms with E-state index in [9.17, 15) is 18.0 Å². The second-order valence-corrected chi connectivity index (χ2v) is 9.87. The van der Waals surface area contributed by atoms with Gasteiger partial charge in [0.1, 0.15) is 0 Å². The Labute approximate surface area is 223 Å². The molecule has 0 spiro atoms. The summed E-state index contributed by atoms with van der Waals surface area (Å²) >= 11 is 0. The Morgan fingerprint density at radius 3 is 2.31 bits per heavy atom. The quantitative estimate of drug-likeness (QED) is 0.211. The third kappa shape index (κ3) is 5.41. The van der Waals surface area contributed by atoms with Gasteiger partial charge in [-0.2, -0.15) is 13.2 Å². The molecule has 1 N–H and O–H groups in total. The molecule has 0 radical (unpaired) electrons. The summed E-state index contributed by atoms with van der Waals surface area (Å²) in [6.07, 6.45) is 2.18. The molecule has 2 aromatic heterocycles. The summed E-state index contributed by atoms with van der Waals surface area (Å²) in [5.41, 5.74) is 4.68. The van der Waals surface area contributed by atoms with Crippen LogP contribution >= 0.6 is 0 Å². The van der Waals surface area contributed by atoms with E-state index in [2.05, 4.69) is 10.3 Å². The minimum Gasteiger partial charge on any atom is -0.363 e. The highest BCUT2D eigenvalue weighted by molar-refractivity contribution is 5.96. The molecule has 0 saturated heterocycles. The van der Waals surface area contributed by atoms with Gasteiger partial charge in [0.05, 0.1) is 23.1 Å². The first-order valence-electron chi connectivity index (χ1n) is 12.8. The van der Waals surface area contributed by atoms with Crippen molar-refractivity contribution in [3.8, 4) is 22.5 Å². The number of nitrogens with zero attached hydrogens (tertiary/aromatic N) is 3. The first-order valence-corrected chi connectivity index (χ1v) is 12.8. The number of Topliss-reactive ketones (excluding diaryl/α,β-unsaturated/α-hetero) is 1. The van der Waals surface area contributed by atoms with Crippen LogP contribution in [0.5, 0.6) is 0 Å². The lowest BCUT2D eigenvalue weighted by molar-refractivity contribution is -0.137. The van der Waals surface area contributed by atoms with Crippen molar-refractivity contribution < 1.29 is 18.0 Å². The van der Waals surface area contributed by atoms with Crippen LogP contribution in [0.25, 0.3) is 28.2 Å². The Morgan fingerprint density at radius 2 is 1.64 bits per heavy atom. The van der Waals surface area contributed by atoms with E-state index in [1.54, 1.807) is 6.20 Å². The van der Waals surface area contributed by atoms with Crippen LogP contribution in [0.15, 0.2) is 91.3 Å². The van der Waals surface area contributed by atoms with E-state index in [0.29, 0.717) is 40.6 Å². The Balaban J connectivity index is 1.33. The highest BCUT2D eigenvalue weighted by Crippen LogP contribution is 2.34. The topological polar surface area (TPSA) is 59.3 Å². The number of aromatic nitrogens is 3. The van der Waals surface area contributed by atoms with E-state index in [-0.39, 0.29) is 12.3 Å². The molecule has 1 aliphatic rings. The van der Waals surface area contributed by atoms with Gasteiger partial charge in [0.2, 0.25) is 0 Å². The predicted octanol–water partition coefficient (Wildman–Crippen LogP) is 7.68. The van der Waals surface area contributed by atoms with Gasteiger partial charge in [0.25, 0.3) is 0 Å². The number of carbonyl (C=O) groups excluding carboxylic acids is 1. The summed E-state index contributed by atoms with van der Waals surface area (Å²) in [4.78, 5) is 21.9. The van der Waals surface area contributed by atoms with Gasteiger partial charge < -0.3 is 5.32 Å². The van der Waals surface area contributed by atoms with E-state index in [4.69, 9.17) is 4.98 Å². The number of halogens is 3. The molecule has 0 amide bonds. The zero-order valence-electron chi connectivity index (χ0n) is 20.9. The molecule has 196 valence electrons. The number of hydrogen-bond donors (Lipinski definition) is 1. The summed E-state index contributed by atoms with van der Waals surface area (Å²) < 4.78 is 40.8. The number of benzene rings is 3. The van der Waals surface area contributed by atoms with Gasteiger partial charge in [0.15, 0.2) is 17.2 Å². The second-order valence-electron chi connectivity index (χ2n) is 9.87. The number of alkyl halides is 3. The van der Waals surface area contributed by atoms with Crippen LogP contribution in [0, 0.1) is 5.92 Å². The second kappa shape index (κ2) is 10.0. The molecule has 0 atom stereocenters. The molecule has 6 rings (SSSR count). The molecule has 0 unspecified atom stereocenters. The van der Waals surface area contributed by atoms with Gasteiger partial charge in [-0.25, -0.2) is 9.97 Å². The summed E-state index contributed by atoms with van der Waals surface area (Å²) in [6.45, 7) is 0.277. The summed E-state index contributed by atoms with van der Waals surface area (Å²) in [5.74, 6) is 1.22. The van der Waals surface area contributed by atoms with Crippen LogP contribution in [-0.4, -0.2) is 20.2 Å². The maximum absolute atomic E-state index is 13.0. The third-order valence-corrected chi connectivity index (χ3v) is 6.98. The molecule has 3 aromatic carbocycles. The molecular formula is C31H25F3N4O. The van der Waals surface area contributed by atoms with Crippen molar-refractivity contribution in [3.63, 3.8) is 0 Å². The van der Waals surface area contributed by atoms with Crippen molar-refractivity contribution >= 4 is 17.2 Å². The summed E-state index contributed by atoms with van der Waals surface area (Å²) in [6, 6.07) is 22.4. The van der Waals surface area contributed by atoms with Crippen molar-refractivity contribution in [3.05, 3.63) is 108 Å². The number of ketones is 1.